The number of sulfonamides is 1. The molecule has 9 nitrogen and oxygen atoms in total. The van der Waals surface area contributed by atoms with Crippen LogP contribution in [0.15, 0.2) is 29.2 Å². The van der Waals surface area contributed by atoms with Crippen molar-refractivity contribution in [1.29, 1.82) is 0 Å². The fraction of sp³-hybridized carbons (Fsp3) is 0.579. The highest BCUT2D eigenvalue weighted by molar-refractivity contribution is 7.89. The molecule has 1 atom stereocenters. The number of nitrogens with zero attached hydrogens (tertiary/aromatic N) is 2. The molecule has 160 valence electrons. The zero-order chi connectivity index (χ0) is 20.9. The van der Waals surface area contributed by atoms with Crippen molar-refractivity contribution in [2.45, 2.75) is 24.3 Å². The largest absolute Gasteiger partial charge is 0.379 e. The number of hydrogen-bond acceptors (Lipinski definition) is 6. The third-order valence-electron chi connectivity index (χ3n) is 5.30. The molecule has 1 aromatic rings. The fourth-order valence-corrected chi connectivity index (χ4v) is 5.01. The van der Waals surface area contributed by atoms with Crippen LogP contribution in [0.4, 0.5) is 0 Å². The highest BCUT2D eigenvalue weighted by Gasteiger charge is 2.26. The van der Waals surface area contributed by atoms with Crippen LogP contribution < -0.4 is 11.1 Å². The van der Waals surface area contributed by atoms with Gasteiger partial charge in [-0.25, -0.2) is 8.42 Å². The third-order valence-corrected chi connectivity index (χ3v) is 7.21. The number of primary amides is 1. The Morgan fingerprint density at radius 1 is 1.14 bits per heavy atom. The number of amides is 2. The molecule has 29 heavy (non-hydrogen) atoms. The fourth-order valence-electron chi connectivity index (χ4n) is 3.61. The predicted molar refractivity (Wildman–Crippen MR) is 106 cm³/mol. The maximum absolute atomic E-state index is 12.6. The SMILES string of the molecule is NC(=O)C1CCCN(CC(=O)NCc2ccc(S(=O)(=O)N3CCOCC3)cc2)C1. The summed E-state index contributed by atoms with van der Waals surface area (Å²) in [6, 6.07) is 6.54. The standard InChI is InChI=1S/C19H28N4O5S/c20-19(25)16-2-1-7-22(13-16)14-18(24)21-12-15-3-5-17(6-4-15)29(26,27)23-8-10-28-11-9-23/h3-6,16H,1-2,7-14H2,(H2,20,25)(H,21,24). The highest BCUT2D eigenvalue weighted by atomic mass is 32.2. The lowest BCUT2D eigenvalue weighted by Gasteiger charge is -2.30. The molecule has 2 aliphatic rings. The maximum atomic E-state index is 12.6. The van der Waals surface area contributed by atoms with E-state index in [1.807, 2.05) is 4.90 Å². The summed E-state index contributed by atoms with van der Waals surface area (Å²) in [5.41, 5.74) is 6.18. The van der Waals surface area contributed by atoms with Gasteiger partial charge in [0.05, 0.1) is 30.6 Å². The van der Waals surface area contributed by atoms with Crippen molar-refractivity contribution in [3.63, 3.8) is 0 Å². The van der Waals surface area contributed by atoms with Crippen molar-refractivity contribution in [3.05, 3.63) is 29.8 Å². The van der Waals surface area contributed by atoms with Crippen LogP contribution in [0.25, 0.3) is 0 Å². The van der Waals surface area contributed by atoms with Gasteiger partial charge in [0, 0.05) is 26.2 Å². The monoisotopic (exact) mass is 424 g/mol. The summed E-state index contributed by atoms with van der Waals surface area (Å²) >= 11 is 0. The molecular formula is C19H28N4O5S. The number of morpholine rings is 1. The van der Waals surface area contributed by atoms with Crippen molar-refractivity contribution < 1.29 is 22.7 Å². The minimum absolute atomic E-state index is 0.139. The molecule has 2 fully saturated rings. The number of likely N-dealkylation sites (tertiary alicyclic amines) is 1. The molecule has 10 heteroatoms. The van der Waals surface area contributed by atoms with Gasteiger partial charge in [0.2, 0.25) is 21.8 Å². The smallest absolute Gasteiger partial charge is 0.243 e. The van der Waals surface area contributed by atoms with Crippen molar-refractivity contribution in [2.75, 3.05) is 45.9 Å². The number of rotatable bonds is 7. The molecule has 0 spiro atoms. The summed E-state index contributed by atoms with van der Waals surface area (Å²) in [6.45, 7) is 3.32. The summed E-state index contributed by atoms with van der Waals surface area (Å²) in [4.78, 5) is 25.7. The molecule has 2 aliphatic heterocycles. The van der Waals surface area contributed by atoms with Gasteiger partial charge < -0.3 is 15.8 Å². The van der Waals surface area contributed by atoms with E-state index in [9.17, 15) is 18.0 Å². The van der Waals surface area contributed by atoms with E-state index in [0.717, 1.165) is 24.9 Å². The number of nitrogens with two attached hydrogens (primary N) is 1. The lowest BCUT2D eigenvalue weighted by Crippen LogP contribution is -2.45. The van der Waals surface area contributed by atoms with Crippen LogP contribution in [0, 0.1) is 5.92 Å². The Morgan fingerprint density at radius 3 is 2.48 bits per heavy atom. The minimum Gasteiger partial charge on any atom is -0.379 e. The molecule has 0 aliphatic carbocycles. The molecule has 0 aromatic heterocycles. The van der Waals surface area contributed by atoms with E-state index in [1.54, 1.807) is 24.3 Å². The Balaban J connectivity index is 1.49. The first-order chi connectivity index (χ1) is 13.9. The van der Waals surface area contributed by atoms with E-state index < -0.39 is 10.0 Å². The van der Waals surface area contributed by atoms with E-state index >= 15 is 0 Å². The Labute approximate surface area is 171 Å². The maximum Gasteiger partial charge on any atom is 0.243 e. The van der Waals surface area contributed by atoms with Crippen LogP contribution in [0.2, 0.25) is 0 Å². The number of benzene rings is 1. The number of carbonyl (C=O) groups is 2. The van der Waals surface area contributed by atoms with E-state index in [1.165, 1.54) is 4.31 Å². The van der Waals surface area contributed by atoms with E-state index in [4.69, 9.17) is 10.5 Å². The highest BCUT2D eigenvalue weighted by Crippen LogP contribution is 2.18. The van der Waals surface area contributed by atoms with Gasteiger partial charge >= 0.3 is 0 Å². The first-order valence-corrected chi connectivity index (χ1v) is 11.3. The molecular weight excluding hydrogens is 396 g/mol. The second kappa shape index (κ2) is 9.66. The topological polar surface area (TPSA) is 122 Å². The molecule has 2 amide bonds. The van der Waals surface area contributed by atoms with Crippen LogP contribution in [0.5, 0.6) is 0 Å². The summed E-state index contributed by atoms with van der Waals surface area (Å²) in [5.74, 6) is -0.653. The normalized spacial score (nSPS) is 21.6. The van der Waals surface area contributed by atoms with Crippen LogP contribution in [0.3, 0.4) is 0 Å². The van der Waals surface area contributed by atoms with Gasteiger partial charge in [-0.2, -0.15) is 4.31 Å². The van der Waals surface area contributed by atoms with Gasteiger partial charge in [0.15, 0.2) is 0 Å². The van der Waals surface area contributed by atoms with Crippen LogP contribution in [0.1, 0.15) is 18.4 Å². The Hall–Kier alpha value is -2.01. The molecule has 1 unspecified atom stereocenters. The summed E-state index contributed by atoms with van der Waals surface area (Å²) in [5, 5.41) is 2.84. The Bertz CT molecular complexity index is 822. The lowest BCUT2D eigenvalue weighted by molar-refractivity contribution is -0.126. The quantitative estimate of drug-likeness (QED) is 0.610. The summed E-state index contributed by atoms with van der Waals surface area (Å²) < 4.78 is 31.9. The number of carbonyl (C=O) groups excluding carboxylic acids is 2. The van der Waals surface area contributed by atoms with Crippen molar-refractivity contribution in [1.82, 2.24) is 14.5 Å². The lowest BCUT2D eigenvalue weighted by atomic mass is 9.97. The van der Waals surface area contributed by atoms with E-state index in [0.29, 0.717) is 39.4 Å². The summed E-state index contributed by atoms with van der Waals surface area (Å²) in [7, 11) is -3.52. The Morgan fingerprint density at radius 2 is 1.83 bits per heavy atom. The van der Waals surface area contributed by atoms with Gasteiger partial charge in [-0.15, -0.1) is 0 Å². The molecule has 0 radical (unpaired) electrons. The van der Waals surface area contributed by atoms with Crippen LogP contribution in [-0.4, -0.2) is 75.4 Å². The molecule has 2 saturated heterocycles. The van der Waals surface area contributed by atoms with Crippen LogP contribution in [-0.2, 0) is 30.9 Å². The van der Waals surface area contributed by atoms with Crippen LogP contribution >= 0.6 is 0 Å². The van der Waals surface area contributed by atoms with Gasteiger partial charge in [0.25, 0.3) is 0 Å². The van der Waals surface area contributed by atoms with Crippen molar-refractivity contribution >= 4 is 21.8 Å². The number of piperidine rings is 1. The van der Waals surface area contributed by atoms with Gasteiger partial charge in [-0.1, -0.05) is 12.1 Å². The first kappa shape index (κ1) is 21.7. The average Bonchev–Trinajstić information content (AvgIpc) is 2.73. The van der Waals surface area contributed by atoms with Crippen molar-refractivity contribution in [2.24, 2.45) is 11.7 Å². The molecule has 1 aromatic carbocycles. The second-order valence-electron chi connectivity index (χ2n) is 7.41. The summed E-state index contributed by atoms with van der Waals surface area (Å²) in [6.07, 6.45) is 1.62. The Kier molecular flexibility index (Phi) is 7.23. The zero-order valence-electron chi connectivity index (χ0n) is 16.4. The predicted octanol–water partition coefficient (Wildman–Crippen LogP) is -0.479. The van der Waals surface area contributed by atoms with Crippen molar-refractivity contribution in [3.8, 4) is 0 Å². The second-order valence-corrected chi connectivity index (χ2v) is 9.35. The number of hydrogen-bond donors (Lipinski definition) is 2. The first-order valence-electron chi connectivity index (χ1n) is 9.81. The van der Waals surface area contributed by atoms with Gasteiger partial charge in [-0.05, 0) is 37.1 Å². The zero-order valence-corrected chi connectivity index (χ0v) is 17.2. The number of ether oxygens (including phenoxy) is 1. The number of nitrogens with one attached hydrogen (secondary N) is 1. The molecule has 3 N–H and O–H groups in total. The minimum atomic E-state index is -3.52. The average molecular weight is 425 g/mol. The van der Waals surface area contributed by atoms with E-state index in [-0.39, 0.29) is 29.2 Å². The van der Waals surface area contributed by atoms with E-state index in [2.05, 4.69) is 5.32 Å². The van der Waals surface area contributed by atoms with Gasteiger partial charge in [-0.3, -0.25) is 14.5 Å². The van der Waals surface area contributed by atoms with Gasteiger partial charge in [0.1, 0.15) is 0 Å². The molecule has 2 heterocycles. The third kappa shape index (κ3) is 5.75. The molecule has 3 rings (SSSR count). The molecule has 0 saturated carbocycles. The molecule has 0 bridgehead atoms.